The van der Waals surface area contributed by atoms with E-state index in [4.69, 9.17) is 4.74 Å². The number of aromatic nitrogens is 2. The first-order valence-electron chi connectivity index (χ1n) is 11.1. The number of aromatic amines is 1. The van der Waals surface area contributed by atoms with Gasteiger partial charge in [-0.2, -0.15) is 0 Å². The van der Waals surface area contributed by atoms with Gasteiger partial charge < -0.3 is 20.4 Å². The molecule has 6 nitrogen and oxygen atoms in total. The molecular formula is C28H23BrN4O2. The second-order valence-electron chi connectivity index (χ2n) is 8.04. The Kier molecular flexibility index (Phi) is 6.50. The van der Waals surface area contributed by atoms with Crippen molar-refractivity contribution in [3.8, 4) is 17.1 Å². The summed E-state index contributed by atoms with van der Waals surface area (Å²) in [6.07, 6.45) is 0. The molecule has 35 heavy (non-hydrogen) atoms. The van der Waals surface area contributed by atoms with Crippen LogP contribution in [0.4, 0.5) is 11.4 Å². The van der Waals surface area contributed by atoms with Gasteiger partial charge in [0.1, 0.15) is 11.6 Å². The lowest BCUT2D eigenvalue weighted by Gasteiger charge is -2.11. The van der Waals surface area contributed by atoms with Gasteiger partial charge in [0.15, 0.2) is 0 Å². The summed E-state index contributed by atoms with van der Waals surface area (Å²) in [5, 5.41) is 6.39. The van der Waals surface area contributed by atoms with E-state index in [0.717, 1.165) is 43.8 Å². The predicted molar refractivity (Wildman–Crippen MR) is 144 cm³/mol. The van der Waals surface area contributed by atoms with Crippen molar-refractivity contribution in [1.82, 2.24) is 9.97 Å². The highest BCUT2D eigenvalue weighted by Crippen LogP contribution is 2.26. The average Bonchev–Trinajstić information content (AvgIpc) is 3.32. The molecule has 5 rings (SSSR count). The number of para-hydroxylation sites is 2. The maximum absolute atomic E-state index is 12.7. The zero-order valence-corrected chi connectivity index (χ0v) is 20.6. The van der Waals surface area contributed by atoms with Crippen LogP contribution in [0.25, 0.3) is 22.4 Å². The minimum Gasteiger partial charge on any atom is -0.496 e. The number of carbonyl (C=O) groups is 1. The van der Waals surface area contributed by atoms with Crippen molar-refractivity contribution >= 4 is 44.2 Å². The molecule has 3 N–H and O–H groups in total. The van der Waals surface area contributed by atoms with Gasteiger partial charge in [-0.15, -0.1) is 0 Å². The number of benzene rings is 4. The number of nitrogens with one attached hydrogen (secondary N) is 3. The molecule has 0 atom stereocenters. The lowest BCUT2D eigenvalue weighted by molar-refractivity contribution is 0.102. The van der Waals surface area contributed by atoms with Crippen molar-refractivity contribution in [3.05, 3.63) is 107 Å². The summed E-state index contributed by atoms with van der Waals surface area (Å²) in [5.41, 5.74) is 6.35. The third kappa shape index (κ3) is 5.20. The number of ether oxygens (including phenoxy) is 1. The van der Waals surface area contributed by atoms with Gasteiger partial charge in [0.25, 0.3) is 5.91 Å². The normalized spacial score (nSPS) is 10.8. The highest BCUT2D eigenvalue weighted by molar-refractivity contribution is 9.10. The van der Waals surface area contributed by atoms with Crippen molar-refractivity contribution in [2.24, 2.45) is 0 Å². The molecule has 0 unspecified atom stereocenters. The van der Waals surface area contributed by atoms with Crippen molar-refractivity contribution in [2.45, 2.75) is 6.54 Å². The molecule has 0 fully saturated rings. The number of rotatable bonds is 7. The van der Waals surface area contributed by atoms with Gasteiger partial charge in [-0.3, -0.25) is 4.79 Å². The molecule has 174 valence electrons. The van der Waals surface area contributed by atoms with E-state index in [9.17, 15) is 4.79 Å². The molecular weight excluding hydrogens is 504 g/mol. The topological polar surface area (TPSA) is 79.0 Å². The minimum absolute atomic E-state index is 0.181. The van der Waals surface area contributed by atoms with Gasteiger partial charge in [-0.25, -0.2) is 4.98 Å². The third-order valence-electron chi connectivity index (χ3n) is 5.64. The Hall–Kier alpha value is -4.10. The quantitative estimate of drug-likeness (QED) is 0.216. The van der Waals surface area contributed by atoms with Crippen LogP contribution >= 0.6 is 15.9 Å². The molecule has 0 saturated carbocycles. The number of anilines is 2. The van der Waals surface area contributed by atoms with E-state index >= 15 is 0 Å². The molecule has 0 radical (unpaired) electrons. The fourth-order valence-corrected chi connectivity index (χ4v) is 4.35. The highest BCUT2D eigenvalue weighted by Gasteiger charge is 2.10. The van der Waals surface area contributed by atoms with Crippen LogP contribution in [0.15, 0.2) is 95.5 Å². The largest absolute Gasteiger partial charge is 0.496 e. The molecule has 1 amide bonds. The summed E-state index contributed by atoms with van der Waals surface area (Å²) < 4.78 is 5.96. The van der Waals surface area contributed by atoms with Crippen LogP contribution in [-0.4, -0.2) is 23.0 Å². The summed E-state index contributed by atoms with van der Waals surface area (Å²) >= 11 is 3.42. The Bertz CT molecular complexity index is 1460. The van der Waals surface area contributed by atoms with Gasteiger partial charge >= 0.3 is 0 Å². The number of hydrogen-bond acceptors (Lipinski definition) is 4. The highest BCUT2D eigenvalue weighted by atomic mass is 79.9. The molecule has 5 aromatic rings. The van der Waals surface area contributed by atoms with E-state index in [2.05, 4.69) is 36.5 Å². The van der Waals surface area contributed by atoms with Gasteiger partial charge in [-0.05, 0) is 88.2 Å². The number of methoxy groups -OCH3 is 1. The number of nitrogens with zero attached hydrogens (tertiary/aromatic N) is 1. The lowest BCUT2D eigenvalue weighted by atomic mass is 10.1. The summed E-state index contributed by atoms with van der Waals surface area (Å²) in [7, 11) is 1.59. The monoisotopic (exact) mass is 526 g/mol. The summed E-state index contributed by atoms with van der Waals surface area (Å²) in [5.74, 6) is 1.35. The van der Waals surface area contributed by atoms with Gasteiger partial charge in [-0.1, -0.05) is 24.3 Å². The number of imidazole rings is 1. The standard InChI is InChI=1S/C28H23BrN4O2/c1-35-26-14-11-20(16-23(26)29)28(34)31-22-6-4-5-18(15-22)17-30-21-12-9-19(10-13-21)27-32-24-7-2-3-8-25(24)33-27/h2-16,30H,17H2,1H3,(H,31,34)(H,32,33). The Balaban J connectivity index is 1.22. The van der Waals surface area contributed by atoms with Crippen LogP contribution in [0.3, 0.4) is 0 Å². The second kappa shape index (κ2) is 10.0. The number of fused-ring (bicyclic) bond motifs is 1. The first-order chi connectivity index (χ1) is 17.1. The number of amides is 1. The molecule has 1 aromatic heterocycles. The summed E-state index contributed by atoms with van der Waals surface area (Å²) in [6, 6.07) is 29.2. The first kappa shape index (κ1) is 22.7. The van der Waals surface area contributed by atoms with E-state index in [-0.39, 0.29) is 5.91 Å². The van der Waals surface area contributed by atoms with E-state index in [1.165, 1.54) is 0 Å². The van der Waals surface area contributed by atoms with Crippen molar-refractivity contribution in [2.75, 3.05) is 17.7 Å². The molecule has 0 aliphatic heterocycles. The smallest absolute Gasteiger partial charge is 0.255 e. The molecule has 0 bridgehead atoms. The van der Waals surface area contributed by atoms with Gasteiger partial charge in [0, 0.05) is 29.0 Å². The number of H-pyrrole nitrogens is 1. The Morgan fingerprint density at radius 1 is 0.943 bits per heavy atom. The predicted octanol–water partition coefficient (Wildman–Crippen LogP) is 6.87. The molecule has 0 spiro atoms. The summed E-state index contributed by atoms with van der Waals surface area (Å²) in [6.45, 7) is 0.627. The molecule has 4 aromatic carbocycles. The van der Waals surface area contributed by atoms with Gasteiger partial charge in [0.2, 0.25) is 0 Å². The molecule has 0 aliphatic carbocycles. The van der Waals surface area contributed by atoms with Crippen molar-refractivity contribution in [1.29, 1.82) is 0 Å². The van der Waals surface area contributed by atoms with E-state index in [1.807, 2.05) is 72.8 Å². The SMILES string of the molecule is COc1ccc(C(=O)Nc2cccc(CNc3ccc(-c4nc5ccccc5[nH]4)cc3)c2)cc1Br. The second-order valence-corrected chi connectivity index (χ2v) is 8.89. The van der Waals surface area contributed by atoms with E-state index in [1.54, 1.807) is 25.3 Å². The number of halogens is 1. The van der Waals surface area contributed by atoms with Crippen LogP contribution in [0.5, 0.6) is 5.75 Å². The molecule has 0 aliphatic rings. The Morgan fingerprint density at radius 2 is 1.77 bits per heavy atom. The summed E-state index contributed by atoms with van der Waals surface area (Å²) in [4.78, 5) is 20.7. The van der Waals surface area contributed by atoms with Crippen molar-refractivity contribution in [3.63, 3.8) is 0 Å². The third-order valence-corrected chi connectivity index (χ3v) is 6.26. The van der Waals surface area contributed by atoms with Crippen LogP contribution in [0, 0.1) is 0 Å². The zero-order valence-electron chi connectivity index (χ0n) is 19.0. The fraction of sp³-hybridized carbons (Fsp3) is 0.0714. The Morgan fingerprint density at radius 3 is 2.54 bits per heavy atom. The van der Waals surface area contributed by atoms with Crippen LogP contribution in [0.2, 0.25) is 0 Å². The average molecular weight is 527 g/mol. The van der Waals surface area contributed by atoms with E-state index in [0.29, 0.717) is 17.9 Å². The molecule has 0 saturated heterocycles. The lowest BCUT2D eigenvalue weighted by Crippen LogP contribution is -2.12. The Labute approximate surface area is 211 Å². The van der Waals surface area contributed by atoms with Gasteiger partial charge in [0.05, 0.1) is 22.6 Å². The van der Waals surface area contributed by atoms with E-state index < -0.39 is 0 Å². The molecule has 7 heteroatoms. The molecule has 1 heterocycles. The first-order valence-corrected chi connectivity index (χ1v) is 11.9. The maximum Gasteiger partial charge on any atom is 0.255 e. The zero-order chi connectivity index (χ0) is 24.2. The van der Waals surface area contributed by atoms with Crippen LogP contribution in [0.1, 0.15) is 15.9 Å². The van der Waals surface area contributed by atoms with Crippen molar-refractivity contribution < 1.29 is 9.53 Å². The number of hydrogen-bond donors (Lipinski definition) is 3. The van der Waals surface area contributed by atoms with Crippen LogP contribution in [-0.2, 0) is 6.54 Å². The number of carbonyl (C=O) groups excluding carboxylic acids is 1. The maximum atomic E-state index is 12.7. The minimum atomic E-state index is -0.181. The van der Waals surface area contributed by atoms with Crippen LogP contribution < -0.4 is 15.4 Å². The fourth-order valence-electron chi connectivity index (χ4n) is 3.81.